The normalized spacial score (nSPS) is 17.7. The maximum atomic E-state index is 10.8. The van der Waals surface area contributed by atoms with Crippen molar-refractivity contribution in [2.75, 3.05) is 0 Å². The van der Waals surface area contributed by atoms with Crippen LogP contribution >= 0.6 is 22.6 Å². The van der Waals surface area contributed by atoms with Crippen LogP contribution in [0.25, 0.3) is 0 Å². The predicted molar refractivity (Wildman–Crippen MR) is 61.0 cm³/mol. The van der Waals surface area contributed by atoms with Crippen molar-refractivity contribution in [3.63, 3.8) is 0 Å². The third kappa shape index (κ3) is 2.06. The second kappa shape index (κ2) is 4.45. The molecule has 0 bridgehead atoms. The number of carbonyl (C=O) groups is 1. The number of halogens is 1. The quantitative estimate of drug-likeness (QED) is 0.414. The van der Waals surface area contributed by atoms with E-state index in [0.29, 0.717) is 5.70 Å². The zero-order valence-corrected chi connectivity index (χ0v) is 9.65. The molecule has 5 nitrogen and oxygen atoms in total. The van der Waals surface area contributed by atoms with Gasteiger partial charge in [-0.25, -0.2) is 4.79 Å². The number of hydrogen-bond donors (Lipinski definition) is 3. The lowest BCUT2D eigenvalue weighted by molar-refractivity contribution is -0.141. The molecule has 0 spiro atoms. The highest BCUT2D eigenvalue weighted by Gasteiger charge is 2.25. The van der Waals surface area contributed by atoms with Crippen LogP contribution in [-0.2, 0) is 4.79 Å². The van der Waals surface area contributed by atoms with Gasteiger partial charge in [0.25, 0.3) is 0 Å². The molecule has 1 unspecified atom stereocenters. The van der Waals surface area contributed by atoms with E-state index in [9.17, 15) is 4.79 Å². The second-order valence-electron chi connectivity index (χ2n) is 2.73. The number of carboxylic acid groups (broad SMARTS) is 1. The molecule has 0 saturated carbocycles. The third-order valence-corrected chi connectivity index (χ3v) is 2.67. The molecule has 14 heavy (non-hydrogen) atoms. The first-order valence-corrected chi connectivity index (χ1v) is 5.00. The Bertz CT molecular complexity index is 325. The number of rotatable bonds is 3. The summed E-state index contributed by atoms with van der Waals surface area (Å²) in [6.45, 7) is 1.58. The topological polar surface area (TPSA) is 76.4 Å². The molecule has 1 rings (SSSR count). The van der Waals surface area contributed by atoms with E-state index in [0.717, 1.165) is 9.92 Å². The summed E-state index contributed by atoms with van der Waals surface area (Å²) >= 11 is 2.02. The van der Waals surface area contributed by atoms with Gasteiger partial charge < -0.3 is 20.7 Å². The second-order valence-corrected chi connectivity index (χ2v) is 3.84. The van der Waals surface area contributed by atoms with E-state index in [2.05, 4.69) is 5.32 Å². The number of nitrogens with one attached hydrogen (secondary N) is 2. The highest BCUT2D eigenvalue weighted by atomic mass is 127. The molecule has 0 fully saturated rings. The number of allylic oxidation sites excluding steroid dienone is 1. The van der Waals surface area contributed by atoms with Gasteiger partial charge in [-0.05, 0) is 29.5 Å². The maximum Gasteiger partial charge on any atom is 0.326 e. The number of carboxylic acids is 1. The van der Waals surface area contributed by atoms with Gasteiger partial charge in [-0.15, -0.1) is 0 Å². The fourth-order valence-corrected chi connectivity index (χ4v) is 1.96. The van der Waals surface area contributed by atoms with Gasteiger partial charge in [-0.3, -0.25) is 0 Å². The monoisotopic (exact) mass is 307 g/mol. The Morgan fingerprint density at radius 2 is 2.43 bits per heavy atom. The lowest BCUT2D eigenvalue weighted by atomic mass is 10.2. The van der Waals surface area contributed by atoms with E-state index in [1.165, 1.54) is 0 Å². The first-order chi connectivity index (χ1) is 6.57. The first-order valence-electron chi connectivity index (χ1n) is 3.92. The molecule has 76 valence electrons. The van der Waals surface area contributed by atoms with Gasteiger partial charge in [-0.1, -0.05) is 0 Å². The maximum absolute atomic E-state index is 10.8. The minimum Gasteiger partial charge on any atom is -0.480 e. The third-order valence-electron chi connectivity index (χ3n) is 1.83. The molecule has 6 heteroatoms. The summed E-state index contributed by atoms with van der Waals surface area (Å²) in [7, 11) is 0. The standard InChI is InChI=1S/C8H10IN3O2/c1-5(8(13)14)12-6(2-10)3-11-4-7(12)9/h2-5,10-11H,1H3,(H,13,14). The molecule has 0 aromatic carbocycles. The van der Waals surface area contributed by atoms with Crippen molar-refractivity contribution in [1.82, 2.24) is 10.2 Å². The van der Waals surface area contributed by atoms with Crippen molar-refractivity contribution >= 4 is 34.8 Å². The van der Waals surface area contributed by atoms with E-state index in [1.807, 2.05) is 22.6 Å². The smallest absolute Gasteiger partial charge is 0.326 e. The molecule has 0 radical (unpaired) electrons. The summed E-state index contributed by atoms with van der Waals surface area (Å²) in [5.41, 5.74) is 0.534. The molecule has 1 aliphatic rings. The van der Waals surface area contributed by atoms with Crippen LogP contribution in [0.1, 0.15) is 6.92 Å². The fourth-order valence-electron chi connectivity index (χ4n) is 1.09. The van der Waals surface area contributed by atoms with Crippen LogP contribution in [0.2, 0.25) is 0 Å². The van der Waals surface area contributed by atoms with E-state index in [-0.39, 0.29) is 0 Å². The van der Waals surface area contributed by atoms with Gasteiger partial charge in [0.1, 0.15) is 6.04 Å². The Balaban J connectivity index is 2.96. The highest BCUT2D eigenvalue weighted by Crippen LogP contribution is 2.23. The summed E-state index contributed by atoms with van der Waals surface area (Å²) in [5, 5.41) is 18.9. The zero-order valence-electron chi connectivity index (χ0n) is 7.49. The van der Waals surface area contributed by atoms with Crippen LogP contribution in [0.5, 0.6) is 0 Å². The minimum absolute atomic E-state index is 0.534. The molecule has 0 aromatic heterocycles. The number of hydrogen-bond acceptors (Lipinski definition) is 4. The molecule has 0 aromatic rings. The van der Waals surface area contributed by atoms with Crippen molar-refractivity contribution in [3.05, 3.63) is 21.8 Å². The molecule has 0 saturated heterocycles. The number of nitrogens with zero attached hydrogens (tertiary/aromatic N) is 1. The molecule has 0 amide bonds. The zero-order chi connectivity index (χ0) is 10.7. The SMILES string of the molecule is CC(C(=O)O)N1C(I)=CNC=C1C=N. The first kappa shape index (κ1) is 11.0. The van der Waals surface area contributed by atoms with Gasteiger partial charge in [0, 0.05) is 18.6 Å². The van der Waals surface area contributed by atoms with Crippen molar-refractivity contribution in [3.8, 4) is 0 Å². The van der Waals surface area contributed by atoms with Gasteiger partial charge in [-0.2, -0.15) is 0 Å². The van der Waals surface area contributed by atoms with Crippen LogP contribution in [0.3, 0.4) is 0 Å². The molecular weight excluding hydrogens is 297 g/mol. The Kier molecular flexibility index (Phi) is 3.50. The van der Waals surface area contributed by atoms with E-state index in [1.54, 1.807) is 24.2 Å². The van der Waals surface area contributed by atoms with Crippen molar-refractivity contribution < 1.29 is 9.90 Å². The molecule has 0 aliphatic carbocycles. The number of aliphatic carboxylic acids is 1. The Labute approximate surface area is 95.1 Å². The predicted octanol–water partition coefficient (Wildman–Crippen LogP) is 1.09. The summed E-state index contributed by atoms with van der Waals surface area (Å²) < 4.78 is 0.749. The summed E-state index contributed by atoms with van der Waals surface area (Å²) in [6.07, 6.45) is 4.40. The lowest BCUT2D eigenvalue weighted by Gasteiger charge is -2.30. The molecule has 1 aliphatic heterocycles. The van der Waals surface area contributed by atoms with Crippen molar-refractivity contribution in [2.24, 2.45) is 0 Å². The van der Waals surface area contributed by atoms with E-state index >= 15 is 0 Å². The van der Waals surface area contributed by atoms with Crippen LogP contribution in [0.15, 0.2) is 21.8 Å². The average Bonchev–Trinajstić information content (AvgIpc) is 2.16. The van der Waals surface area contributed by atoms with Gasteiger partial charge >= 0.3 is 5.97 Å². The fraction of sp³-hybridized carbons (Fsp3) is 0.250. The molecule has 1 atom stereocenters. The van der Waals surface area contributed by atoms with E-state index < -0.39 is 12.0 Å². The van der Waals surface area contributed by atoms with Crippen LogP contribution in [0, 0.1) is 5.41 Å². The van der Waals surface area contributed by atoms with Crippen molar-refractivity contribution in [1.29, 1.82) is 5.41 Å². The summed E-state index contributed by atoms with van der Waals surface area (Å²) in [4.78, 5) is 12.4. The van der Waals surface area contributed by atoms with Crippen LogP contribution in [-0.4, -0.2) is 28.2 Å². The summed E-state index contributed by atoms with van der Waals surface area (Å²) in [6, 6.07) is -0.673. The van der Waals surface area contributed by atoms with E-state index in [4.69, 9.17) is 10.5 Å². The van der Waals surface area contributed by atoms with Crippen LogP contribution in [0.4, 0.5) is 0 Å². The van der Waals surface area contributed by atoms with Crippen LogP contribution < -0.4 is 5.32 Å². The van der Waals surface area contributed by atoms with Gasteiger partial charge in [0.05, 0.1) is 9.40 Å². The molecular formula is C8H10IN3O2. The Morgan fingerprint density at radius 1 is 1.79 bits per heavy atom. The lowest BCUT2D eigenvalue weighted by Crippen LogP contribution is -2.39. The molecule has 3 N–H and O–H groups in total. The largest absolute Gasteiger partial charge is 0.480 e. The molecule has 1 heterocycles. The Hall–Kier alpha value is -1.05. The minimum atomic E-state index is -0.915. The Morgan fingerprint density at radius 3 is 2.93 bits per heavy atom. The van der Waals surface area contributed by atoms with Gasteiger partial charge in [0.15, 0.2) is 0 Å². The van der Waals surface area contributed by atoms with Gasteiger partial charge in [0.2, 0.25) is 0 Å². The average molecular weight is 307 g/mol. The summed E-state index contributed by atoms with van der Waals surface area (Å²) in [5.74, 6) is -0.915. The van der Waals surface area contributed by atoms with Crippen molar-refractivity contribution in [2.45, 2.75) is 13.0 Å². The highest BCUT2D eigenvalue weighted by molar-refractivity contribution is 14.1.